The zero-order valence-electron chi connectivity index (χ0n) is 16.8. The predicted molar refractivity (Wildman–Crippen MR) is 109 cm³/mol. The lowest BCUT2D eigenvalue weighted by Gasteiger charge is -2.32. The van der Waals surface area contributed by atoms with Crippen molar-refractivity contribution in [2.45, 2.75) is 18.9 Å². The van der Waals surface area contributed by atoms with Crippen molar-refractivity contribution in [3.05, 3.63) is 63.7 Å². The van der Waals surface area contributed by atoms with Gasteiger partial charge in [0.15, 0.2) is 0 Å². The van der Waals surface area contributed by atoms with Crippen LogP contribution in [0, 0.1) is 10.1 Å². The molecule has 0 spiro atoms. The first-order chi connectivity index (χ1) is 14.4. The van der Waals surface area contributed by atoms with Crippen LogP contribution in [0.4, 0.5) is 5.69 Å². The third kappa shape index (κ3) is 4.68. The molecule has 9 nitrogen and oxygen atoms in total. The molecule has 30 heavy (non-hydrogen) atoms. The zero-order valence-corrected chi connectivity index (χ0v) is 16.8. The van der Waals surface area contributed by atoms with Gasteiger partial charge in [0.05, 0.1) is 19.1 Å². The molecule has 1 aliphatic heterocycles. The number of amides is 2. The molecule has 9 heteroatoms. The number of piperidine rings is 1. The highest BCUT2D eigenvalue weighted by molar-refractivity contribution is 5.98. The summed E-state index contributed by atoms with van der Waals surface area (Å²) in [5, 5.41) is 14.3. The van der Waals surface area contributed by atoms with Crippen LogP contribution in [0.5, 0.6) is 11.5 Å². The summed E-state index contributed by atoms with van der Waals surface area (Å²) in [5.41, 5.74) is 0.243. The van der Waals surface area contributed by atoms with Gasteiger partial charge in [-0.05, 0) is 43.2 Å². The van der Waals surface area contributed by atoms with E-state index in [0.29, 0.717) is 43.0 Å². The number of carbonyl (C=O) groups excluding carboxylic acids is 2. The number of hydrogen-bond acceptors (Lipinski definition) is 6. The molecule has 2 amide bonds. The summed E-state index contributed by atoms with van der Waals surface area (Å²) in [5.74, 6) is 0.354. The van der Waals surface area contributed by atoms with Crippen molar-refractivity contribution in [2.24, 2.45) is 0 Å². The first-order valence-corrected chi connectivity index (χ1v) is 9.49. The largest absolute Gasteiger partial charge is 0.497 e. The van der Waals surface area contributed by atoms with E-state index in [1.807, 2.05) is 0 Å². The van der Waals surface area contributed by atoms with Gasteiger partial charge in [-0.1, -0.05) is 6.07 Å². The monoisotopic (exact) mass is 413 g/mol. The van der Waals surface area contributed by atoms with Gasteiger partial charge in [0.2, 0.25) is 0 Å². The minimum Gasteiger partial charge on any atom is -0.497 e. The highest BCUT2D eigenvalue weighted by atomic mass is 16.6. The van der Waals surface area contributed by atoms with E-state index < -0.39 is 10.8 Å². The maximum Gasteiger partial charge on any atom is 0.282 e. The molecule has 1 heterocycles. The van der Waals surface area contributed by atoms with Gasteiger partial charge in [0.25, 0.3) is 17.5 Å². The number of nitrogens with zero attached hydrogens (tertiary/aromatic N) is 2. The van der Waals surface area contributed by atoms with Gasteiger partial charge in [0.1, 0.15) is 17.1 Å². The molecule has 0 unspecified atom stereocenters. The normalized spacial score (nSPS) is 14.1. The van der Waals surface area contributed by atoms with Crippen molar-refractivity contribution in [1.29, 1.82) is 0 Å². The van der Waals surface area contributed by atoms with Gasteiger partial charge >= 0.3 is 0 Å². The first kappa shape index (κ1) is 21.1. The molecule has 0 saturated carbocycles. The maximum absolute atomic E-state index is 12.9. The maximum atomic E-state index is 12.9. The van der Waals surface area contributed by atoms with Crippen LogP contribution in [0.25, 0.3) is 0 Å². The zero-order chi connectivity index (χ0) is 21.7. The summed E-state index contributed by atoms with van der Waals surface area (Å²) in [6, 6.07) is 10.9. The molecular weight excluding hydrogens is 390 g/mol. The molecule has 1 fully saturated rings. The highest BCUT2D eigenvalue weighted by Gasteiger charge is 2.29. The van der Waals surface area contributed by atoms with Crippen molar-refractivity contribution in [3.8, 4) is 11.5 Å². The molecule has 1 aliphatic rings. The van der Waals surface area contributed by atoms with Gasteiger partial charge in [-0.3, -0.25) is 19.7 Å². The standard InChI is InChI=1S/C21H23N3O6/c1-29-16-5-3-4-14(12-16)20(25)22-15-8-10-23(11-9-15)21(26)18-13-17(30-2)6-7-19(18)24(27)28/h3-7,12-13,15H,8-11H2,1-2H3,(H,22,25). The van der Waals surface area contributed by atoms with Crippen LogP contribution in [0.1, 0.15) is 33.6 Å². The Morgan fingerprint density at radius 3 is 2.37 bits per heavy atom. The minimum atomic E-state index is -0.576. The van der Waals surface area contributed by atoms with E-state index in [1.54, 1.807) is 29.2 Å². The molecule has 2 aromatic rings. The number of nitrogens with one attached hydrogen (secondary N) is 1. The Bertz CT molecular complexity index is 954. The molecule has 0 atom stereocenters. The smallest absolute Gasteiger partial charge is 0.282 e. The average molecular weight is 413 g/mol. The Morgan fingerprint density at radius 1 is 1.07 bits per heavy atom. The van der Waals surface area contributed by atoms with Crippen LogP contribution in [-0.4, -0.2) is 55.0 Å². The Labute approximate surface area is 173 Å². The van der Waals surface area contributed by atoms with E-state index in [1.165, 1.54) is 32.4 Å². The molecule has 0 bridgehead atoms. The predicted octanol–water partition coefficient (Wildman–Crippen LogP) is 2.65. The quantitative estimate of drug-likeness (QED) is 0.576. The third-order valence-electron chi connectivity index (χ3n) is 5.08. The molecule has 1 saturated heterocycles. The summed E-state index contributed by atoms with van der Waals surface area (Å²) < 4.78 is 10.2. The van der Waals surface area contributed by atoms with Gasteiger partial charge in [-0.2, -0.15) is 0 Å². The highest BCUT2D eigenvalue weighted by Crippen LogP contribution is 2.26. The SMILES string of the molecule is COc1cccc(C(=O)NC2CCN(C(=O)c3cc(OC)ccc3[N+](=O)[O-])CC2)c1. The van der Waals surface area contributed by atoms with Crippen molar-refractivity contribution < 1.29 is 24.0 Å². The number of ether oxygens (including phenoxy) is 2. The van der Waals surface area contributed by atoms with Crippen LogP contribution in [-0.2, 0) is 0 Å². The van der Waals surface area contributed by atoms with E-state index in [0.717, 1.165) is 0 Å². The second kappa shape index (κ2) is 9.25. The average Bonchev–Trinajstić information content (AvgIpc) is 2.78. The van der Waals surface area contributed by atoms with Gasteiger partial charge < -0.3 is 19.7 Å². The number of hydrogen-bond donors (Lipinski definition) is 1. The van der Waals surface area contributed by atoms with Gasteiger partial charge in [-0.15, -0.1) is 0 Å². The lowest BCUT2D eigenvalue weighted by atomic mass is 10.0. The number of nitro groups is 1. The second-order valence-electron chi connectivity index (χ2n) is 6.91. The molecule has 0 radical (unpaired) electrons. The Kier molecular flexibility index (Phi) is 6.51. The fraction of sp³-hybridized carbons (Fsp3) is 0.333. The van der Waals surface area contributed by atoms with E-state index in [-0.39, 0.29) is 23.2 Å². The molecule has 2 aromatic carbocycles. The Balaban J connectivity index is 1.63. The van der Waals surface area contributed by atoms with E-state index in [9.17, 15) is 19.7 Å². The Morgan fingerprint density at radius 2 is 1.73 bits per heavy atom. The molecular formula is C21H23N3O6. The van der Waals surface area contributed by atoms with Crippen LogP contribution >= 0.6 is 0 Å². The number of methoxy groups -OCH3 is 2. The molecule has 3 rings (SSSR count). The number of carbonyl (C=O) groups is 2. The van der Waals surface area contributed by atoms with Crippen molar-refractivity contribution in [3.63, 3.8) is 0 Å². The molecule has 1 N–H and O–H groups in total. The van der Waals surface area contributed by atoms with Crippen molar-refractivity contribution >= 4 is 17.5 Å². The van der Waals surface area contributed by atoms with Crippen molar-refractivity contribution in [1.82, 2.24) is 10.2 Å². The molecule has 0 aliphatic carbocycles. The van der Waals surface area contributed by atoms with Crippen LogP contribution in [0.15, 0.2) is 42.5 Å². The van der Waals surface area contributed by atoms with E-state index >= 15 is 0 Å². The second-order valence-corrected chi connectivity index (χ2v) is 6.91. The van der Waals surface area contributed by atoms with Gasteiger partial charge in [0, 0.05) is 30.8 Å². The lowest BCUT2D eigenvalue weighted by molar-refractivity contribution is -0.385. The van der Waals surface area contributed by atoms with E-state index in [4.69, 9.17) is 9.47 Å². The summed E-state index contributed by atoms with van der Waals surface area (Å²) in [4.78, 5) is 37.6. The van der Waals surface area contributed by atoms with Crippen LogP contribution < -0.4 is 14.8 Å². The van der Waals surface area contributed by atoms with E-state index in [2.05, 4.69) is 5.32 Å². The van der Waals surface area contributed by atoms with Crippen LogP contribution in [0.3, 0.4) is 0 Å². The lowest BCUT2D eigenvalue weighted by Crippen LogP contribution is -2.46. The summed E-state index contributed by atoms with van der Waals surface area (Å²) in [7, 11) is 2.97. The molecule has 158 valence electrons. The first-order valence-electron chi connectivity index (χ1n) is 9.49. The minimum absolute atomic E-state index is 0.00165. The topological polar surface area (TPSA) is 111 Å². The number of benzene rings is 2. The van der Waals surface area contributed by atoms with Crippen LogP contribution in [0.2, 0.25) is 0 Å². The number of likely N-dealkylation sites (tertiary alicyclic amines) is 1. The summed E-state index contributed by atoms with van der Waals surface area (Å²) >= 11 is 0. The van der Waals surface area contributed by atoms with Gasteiger partial charge in [-0.25, -0.2) is 0 Å². The molecule has 0 aromatic heterocycles. The van der Waals surface area contributed by atoms with Crippen molar-refractivity contribution in [2.75, 3.05) is 27.3 Å². The summed E-state index contributed by atoms with van der Waals surface area (Å²) in [6.45, 7) is 0.770. The number of rotatable bonds is 6. The summed E-state index contributed by atoms with van der Waals surface area (Å²) in [6.07, 6.45) is 1.11. The number of nitro benzene ring substituents is 1. The third-order valence-corrected chi connectivity index (χ3v) is 5.08. The fourth-order valence-corrected chi connectivity index (χ4v) is 3.40. The Hall–Kier alpha value is -3.62. The fourth-order valence-electron chi connectivity index (χ4n) is 3.40.